The zero-order chi connectivity index (χ0) is 16.8. The molecule has 128 valence electrons. The molecule has 1 N–H and O–H groups in total. The van der Waals surface area contributed by atoms with Crippen LogP contribution in [-0.2, 0) is 11.8 Å². The van der Waals surface area contributed by atoms with Crippen molar-refractivity contribution in [1.29, 1.82) is 0 Å². The van der Waals surface area contributed by atoms with Crippen molar-refractivity contribution < 1.29 is 4.79 Å². The molecule has 0 unspecified atom stereocenters. The number of hydrogen-bond donors (Lipinski definition) is 1. The molecule has 1 amide bonds. The maximum Gasteiger partial charge on any atom is 0.238 e. The molecule has 1 atom stereocenters. The zero-order valence-electron chi connectivity index (χ0n) is 13.9. The first-order valence-electron chi connectivity index (χ1n) is 8.48. The molecule has 1 fully saturated rings. The Kier molecular flexibility index (Phi) is 5.85. The molecule has 0 radical (unpaired) electrons. The first kappa shape index (κ1) is 17.0. The summed E-state index contributed by atoms with van der Waals surface area (Å²) in [5, 5.41) is 15.1. The molecular formula is C17H23N5OS. The van der Waals surface area contributed by atoms with Crippen LogP contribution in [0.3, 0.4) is 0 Å². The number of carbonyl (C=O) groups excluding carboxylic acids is 1. The van der Waals surface area contributed by atoms with Crippen molar-refractivity contribution in [3.05, 3.63) is 35.9 Å². The summed E-state index contributed by atoms with van der Waals surface area (Å²) in [5.41, 5.74) is 0.969. The number of hydrogen-bond acceptors (Lipinski definition) is 5. The van der Waals surface area contributed by atoms with E-state index in [0.717, 1.165) is 18.4 Å². The molecule has 0 aliphatic heterocycles. The summed E-state index contributed by atoms with van der Waals surface area (Å²) in [4.78, 5) is 13.0. The number of nitrogens with zero attached hydrogens (tertiary/aromatic N) is 4. The highest BCUT2D eigenvalue weighted by molar-refractivity contribution is 8.00. The molecule has 3 rings (SSSR count). The van der Waals surface area contributed by atoms with Gasteiger partial charge in [0.2, 0.25) is 11.1 Å². The number of benzene rings is 1. The minimum Gasteiger partial charge on any atom is -0.352 e. The molecule has 0 spiro atoms. The van der Waals surface area contributed by atoms with E-state index < -0.39 is 0 Å². The number of aromatic nitrogens is 4. The second kappa shape index (κ2) is 8.28. The highest BCUT2D eigenvalue weighted by Gasteiger charge is 2.26. The van der Waals surface area contributed by atoms with Crippen LogP contribution < -0.4 is 5.32 Å². The Morgan fingerprint density at radius 2 is 1.92 bits per heavy atom. The number of thioether (sulfide) groups is 1. The van der Waals surface area contributed by atoms with Gasteiger partial charge in [-0.15, -0.1) is 5.10 Å². The van der Waals surface area contributed by atoms with Crippen LogP contribution in [0, 0.1) is 0 Å². The van der Waals surface area contributed by atoms with Gasteiger partial charge in [0.1, 0.15) is 5.25 Å². The summed E-state index contributed by atoms with van der Waals surface area (Å²) in [6, 6.07) is 10.1. The van der Waals surface area contributed by atoms with E-state index in [1.165, 1.54) is 37.4 Å². The largest absolute Gasteiger partial charge is 0.352 e. The summed E-state index contributed by atoms with van der Waals surface area (Å²) in [6.07, 6.45) is 7.08. The Labute approximate surface area is 146 Å². The van der Waals surface area contributed by atoms with Gasteiger partial charge in [0.05, 0.1) is 0 Å². The van der Waals surface area contributed by atoms with Crippen molar-refractivity contribution >= 4 is 17.7 Å². The van der Waals surface area contributed by atoms with Crippen molar-refractivity contribution in [2.45, 2.75) is 55.0 Å². The van der Waals surface area contributed by atoms with E-state index in [0.29, 0.717) is 5.16 Å². The van der Waals surface area contributed by atoms with Gasteiger partial charge in [-0.3, -0.25) is 4.79 Å². The molecule has 1 aliphatic carbocycles. The number of rotatable bonds is 5. The average Bonchev–Trinajstić information content (AvgIpc) is 2.84. The van der Waals surface area contributed by atoms with Gasteiger partial charge in [0.15, 0.2) is 0 Å². The van der Waals surface area contributed by atoms with E-state index in [1.807, 2.05) is 30.3 Å². The monoisotopic (exact) mass is 345 g/mol. The minimum atomic E-state index is -0.348. The van der Waals surface area contributed by atoms with Gasteiger partial charge in [0.25, 0.3) is 0 Å². The second-order valence-corrected chi connectivity index (χ2v) is 7.26. The van der Waals surface area contributed by atoms with Crippen molar-refractivity contribution in [1.82, 2.24) is 25.5 Å². The van der Waals surface area contributed by atoms with Crippen LogP contribution in [0.5, 0.6) is 0 Å². The minimum absolute atomic E-state index is 0.0427. The molecule has 1 heterocycles. The molecule has 1 aromatic carbocycles. The van der Waals surface area contributed by atoms with Crippen LogP contribution in [0.25, 0.3) is 0 Å². The SMILES string of the molecule is Cn1nnnc1S[C@@H](C(=O)NC1CCCCCC1)c1ccccc1. The first-order valence-corrected chi connectivity index (χ1v) is 9.36. The van der Waals surface area contributed by atoms with Crippen LogP contribution in [0.1, 0.15) is 49.3 Å². The average molecular weight is 345 g/mol. The Bertz CT molecular complexity index is 652. The summed E-state index contributed by atoms with van der Waals surface area (Å²) < 4.78 is 1.60. The molecule has 1 aliphatic rings. The Morgan fingerprint density at radius 1 is 1.21 bits per heavy atom. The van der Waals surface area contributed by atoms with Crippen molar-refractivity contribution in [2.24, 2.45) is 7.05 Å². The summed E-state index contributed by atoms with van der Waals surface area (Å²) in [5.74, 6) is 0.0427. The third kappa shape index (κ3) is 4.35. The number of amides is 1. The van der Waals surface area contributed by atoms with Gasteiger partial charge in [0, 0.05) is 13.1 Å². The van der Waals surface area contributed by atoms with Crippen LogP contribution in [0.2, 0.25) is 0 Å². The van der Waals surface area contributed by atoms with Crippen molar-refractivity contribution in [2.75, 3.05) is 0 Å². The van der Waals surface area contributed by atoms with Crippen molar-refractivity contribution in [3.63, 3.8) is 0 Å². The topological polar surface area (TPSA) is 72.7 Å². The Morgan fingerprint density at radius 3 is 2.54 bits per heavy atom. The first-order chi connectivity index (χ1) is 11.7. The number of aryl methyl sites for hydroxylation is 1. The van der Waals surface area contributed by atoms with E-state index in [9.17, 15) is 4.79 Å². The summed E-state index contributed by atoms with van der Waals surface area (Å²) >= 11 is 1.39. The lowest BCUT2D eigenvalue weighted by atomic mass is 10.1. The fourth-order valence-electron chi connectivity index (χ4n) is 3.03. The third-order valence-electron chi connectivity index (χ3n) is 4.35. The smallest absolute Gasteiger partial charge is 0.238 e. The van der Waals surface area contributed by atoms with Crippen LogP contribution in [0.15, 0.2) is 35.5 Å². The predicted molar refractivity (Wildman–Crippen MR) is 93.5 cm³/mol. The van der Waals surface area contributed by atoms with Crippen LogP contribution in [0.4, 0.5) is 0 Å². The Balaban J connectivity index is 1.75. The zero-order valence-corrected chi connectivity index (χ0v) is 14.7. The maximum absolute atomic E-state index is 13.0. The predicted octanol–water partition coefficient (Wildman–Crippen LogP) is 2.88. The standard InChI is InChI=1S/C17H23N5OS/c1-22-17(19-20-21-22)24-15(13-9-5-4-6-10-13)16(23)18-14-11-7-2-3-8-12-14/h4-6,9-10,14-15H,2-3,7-8,11-12H2,1H3,(H,18,23)/t15-/m1/s1. The van der Waals surface area contributed by atoms with Crippen molar-refractivity contribution in [3.8, 4) is 0 Å². The fraction of sp³-hybridized carbons (Fsp3) is 0.529. The number of tetrazole rings is 1. The molecule has 6 nitrogen and oxygen atoms in total. The van der Waals surface area contributed by atoms with Gasteiger partial charge in [-0.25, -0.2) is 4.68 Å². The maximum atomic E-state index is 13.0. The van der Waals surface area contributed by atoms with Gasteiger partial charge < -0.3 is 5.32 Å². The highest BCUT2D eigenvalue weighted by atomic mass is 32.2. The molecule has 24 heavy (non-hydrogen) atoms. The molecular weight excluding hydrogens is 322 g/mol. The van der Waals surface area contributed by atoms with Gasteiger partial charge in [-0.1, -0.05) is 67.8 Å². The third-order valence-corrected chi connectivity index (χ3v) is 5.63. The number of carbonyl (C=O) groups is 1. The summed E-state index contributed by atoms with van der Waals surface area (Å²) in [7, 11) is 1.79. The molecule has 0 saturated heterocycles. The lowest BCUT2D eigenvalue weighted by molar-refractivity contribution is -0.121. The number of nitrogens with one attached hydrogen (secondary N) is 1. The quantitative estimate of drug-likeness (QED) is 0.666. The van der Waals surface area contributed by atoms with Gasteiger partial charge in [-0.05, 0) is 28.8 Å². The van der Waals surface area contributed by atoms with Crippen LogP contribution >= 0.6 is 11.8 Å². The fourth-order valence-corrected chi connectivity index (χ4v) is 3.98. The second-order valence-electron chi connectivity index (χ2n) is 6.19. The van der Waals surface area contributed by atoms with E-state index in [2.05, 4.69) is 20.8 Å². The van der Waals surface area contributed by atoms with Crippen LogP contribution in [-0.4, -0.2) is 32.2 Å². The van der Waals surface area contributed by atoms with E-state index >= 15 is 0 Å². The lowest BCUT2D eigenvalue weighted by Gasteiger charge is -2.21. The molecule has 7 heteroatoms. The normalized spacial score (nSPS) is 17.2. The highest BCUT2D eigenvalue weighted by Crippen LogP contribution is 2.34. The molecule has 2 aromatic rings. The summed E-state index contributed by atoms with van der Waals surface area (Å²) in [6.45, 7) is 0. The molecule has 1 aromatic heterocycles. The molecule has 1 saturated carbocycles. The molecule has 0 bridgehead atoms. The van der Waals surface area contributed by atoms with Gasteiger partial charge >= 0.3 is 0 Å². The van der Waals surface area contributed by atoms with E-state index in [4.69, 9.17) is 0 Å². The lowest BCUT2D eigenvalue weighted by Crippen LogP contribution is -2.37. The van der Waals surface area contributed by atoms with E-state index in [-0.39, 0.29) is 17.2 Å². The van der Waals surface area contributed by atoms with Gasteiger partial charge in [-0.2, -0.15) is 0 Å². The van der Waals surface area contributed by atoms with E-state index in [1.54, 1.807) is 11.7 Å². The Hall–Kier alpha value is -1.89.